The first kappa shape index (κ1) is 19.9. The van der Waals surface area contributed by atoms with Crippen molar-refractivity contribution < 1.29 is 19.2 Å². The minimum atomic E-state index is -0.692. The number of hydrogen-bond acceptors (Lipinski definition) is 6. The molecule has 2 atom stereocenters. The van der Waals surface area contributed by atoms with E-state index in [2.05, 4.69) is 10.1 Å². The highest BCUT2D eigenvalue weighted by Crippen LogP contribution is 2.16. The van der Waals surface area contributed by atoms with Crippen LogP contribution < -0.4 is 5.32 Å². The van der Waals surface area contributed by atoms with Crippen molar-refractivity contribution in [2.45, 2.75) is 50.2 Å². The highest BCUT2D eigenvalue weighted by atomic mass is 32.2. The molecule has 1 amide bonds. The maximum atomic E-state index is 12.1. The molecule has 0 aromatic carbocycles. The highest BCUT2D eigenvalue weighted by molar-refractivity contribution is 8.14. The van der Waals surface area contributed by atoms with Gasteiger partial charge >= 0.3 is 6.21 Å². The van der Waals surface area contributed by atoms with Gasteiger partial charge in [-0.3, -0.25) is 14.4 Å². The van der Waals surface area contributed by atoms with E-state index in [9.17, 15) is 14.4 Å². The molecular weight excluding hydrogens is 310 g/mol. The molecule has 0 aliphatic carbocycles. The molecule has 0 aromatic rings. The maximum Gasteiger partial charge on any atom is 0.372 e. The first-order valence-electron chi connectivity index (χ1n) is 6.58. The van der Waals surface area contributed by atoms with Crippen molar-refractivity contribution in [2.24, 2.45) is 0 Å². The molecule has 0 bridgehead atoms. The lowest BCUT2D eigenvalue weighted by Crippen LogP contribution is -2.43. The molecule has 0 aliphatic heterocycles. The van der Waals surface area contributed by atoms with Crippen LogP contribution in [0.2, 0.25) is 0 Å². The van der Waals surface area contributed by atoms with E-state index in [-0.39, 0.29) is 40.1 Å². The topological polar surface area (TPSA) is 101 Å². The Balaban J connectivity index is 4.75. The van der Waals surface area contributed by atoms with E-state index >= 15 is 0 Å². The number of thioether (sulfide) groups is 2. The number of nitrogens with zero attached hydrogens (tertiary/aromatic N) is 1. The molecule has 0 aromatic heterocycles. The Hall–Kier alpha value is -1.11. The maximum absolute atomic E-state index is 12.1. The van der Waals surface area contributed by atoms with Crippen LogP contribution in [0.25, 0.3) is 0 Å². The summed E-state index contributed by atoms with van der Waals surface area (Å²) in [6, 6.07) is -0.692. The molecule has 0 spiro atoms. The van der Waals surface area contributed by atoms with Gasteiger partial charge < -0.3 is 5.32 Å². The molecule has 21 heavy (non-hydrogen) atoms. The Bertz CT molecular complexity index is 434. The number of hydrogen-bond donors (Lipinski definition) is 2. The monoisotopic (exact) mass is 332 g/mol. The molecule has 0 radical (unpaired) electrons. The van der Waals surface area contributed by atoms with Gasteiger partial charge in [-0.1, -0.05) is 25.6 Å². The van der Waals surface area contributed by atoms with Gasteiger partial charge in [0.15, 0.2) is 0 Å². The van der Waals surface area contributed by atoms with Crippen LogP contribution in [0.4, 0.5) is 0 Å². The van der Waals surface area contributed by atoms with Crippen molar-refractivity contribution in [1.29, 1.82) is 5.53 Å². The van der Waals surface area contributed by atoms with Crippen LogP contribution in [0, 0.1) is 5.53 Å². The molecule has 6 nitrogen and oxygen atoms in total. The Morgan fingerprint density at radius 2 is 1.90 bits per heavy atom. The minimum Gasteiger partial charge on any atom is -0.344 e. The third kappa shape index (κ3) is 8.70. The van der Waals surface area contributed by atoms with Gasteiger partial charge in [0, 0.05) is 11.7 Å². The molecule has 0 aliphatic rings. The fraction of sp³-hybridized carbons (Fsp3) is 0.692. The molecule has 0 saturated carbocycles. The second-order valence-electron chi connectivity index (χ2n) is 4.69. The summed E-state index contributed by atoms with van der Waals surface area (Å²) in [5, 5.41) is 2.40. The number of carbonyl (C=O) groups is 3. The lowest BCUT2D eigenvalue weighted by molar-refractivity contribution is -0.131. The number of rotatable bonds is 9. The molecule has 0 heterocycles. The molecule has 0 saturated heterocycles. The molecule has 8 heteroatoms. The number of nitrogens with one attached hydrogen (secondary N) is 2. The quantitative estimate of drug-likeness (QED) is 0.379. The summed E-state index contributed by atoms with van der Waals surface area (Å²) in [5.41, 5.74) is 6.60. The van der Waals surface area contributed by atoms with Crippen LogP contribution >= 0.6 is 23.5 Å². The van der Waals surface area contributed by atoms with E-state index < -0.39 is 6.04 Å². The van der Waals surface area contributed by atoms with E-state index in [0.29, 0.717) is 0 Å². The number of ketones is 1. The number of carbonyl (C=O) groups excluding carboxylic acids is 3. The standard InChI is InChI=1S/C13H21N3O3S2/c1-8(2)21-13(19)11(6-5-10(17)7-15-14)16-12(18)9(3)20-4/h7-9,11,14H,5-6H2,1-4H3/p+1/t9-,11-/m0/s1. The van der Waals surface area contributed by atoms with Gasteiger partial charge in [-0.05, 0) is 19.6 Å². The third-order valence-electron chi connectivity index (χ3n) is 2.56. The number of amides is 1. The van der Waals surface area contributed by atoms with E-state index in [1.54, 1.807) is 6.92 Å². The van der Waals surface area contributed by atoms with Crippen LogP contribution in [0.15, 0.2) is 0 Å². The van der Waals surface area contributed by atoms with Crippen molar-refractivity contribution in [3.63, 3.8) is 0 Å². The lowest BCUT2D eigenvalue weighted by Gasteiger charge is -2.19. The van der Waals surface area contributed by atoms with E-state index in [1.807, 2.05) is 20.1 Å². The van der Waals surface area contributed by atoms with Crippen LogP contribution in [0.1, 0.15) is 33.6 Å². The Labute approximate surface area is 133 Å². The van der Waals surface area contributed by atoms with Crippen molar-refractivity contribution in [1.82, 2.24) is 5.32 Å². The summed E-state index contributed by atoms with van der Waals surface area (Å²) in [7, 11) is 0. The Kier molecular flexibility index (Phi) is 10.0. The normalized spacial score (nSPS) is 13.2. The molecular formula is C13H22N3O3S2+. The largest absolute Gasteiger partial charge is 0.372 e. The van der Waals surface area contributed by atoms with Crippen LogP contribution in [-0.4, -0.2) is 50.6 Å². The van der Waals surface area contributed by atoms with Crippen molar-refractivity contribution in [3.8, 4) is 0 Å². The fourth-order valence-corrected chi connectivity index (χ4v) is 2.47. The van der Waals surface area contributed by atoms with Gasteiger partial charge in [0.2, 0.25) is 16.8 Å². The van der Waals surface area contributed by atoms with E-state index in [0.717, 1.165) is 18.0 Å². The fourth-order valence-electron chi connectivity index (χ4n) is 1.38. The zero-order valence-electron chi connectivity index (χ0n) is 12.7. The molecule has 0 unspecified atom stereocenters. The van der Waals surface area contributed by atoms with E-state index in [4.69, 9.17) is 5.53 Å². The van der Waals surface area contributed by atoms with Crippen molar-refractivity contribution >= 4 is 46.5 Å². The SMILES string of the molecule is CS[C@@H](C)C(=O)N[C@@H](CCC(=O)C=[N+]=N)C(=O)SC(C)C. The second kappa shape index (κ2) is 10.6. The summed E-state index contributed by atoms with van der Waals surface area (Å²) in [5.74, 6) is -0.545. The van der Waals surface area contributed by atoms with Gasteiger partial charge in [-0.2, -0.15) is 11.8 Å². The second-order valence-corrected chi connectivity index (χ2v) is 7.45. The summed E-state index contributed by atoms with van der Waals surface area (Å²) in [6.07, 6.45) is 3.02. The van der Waals surface area contributed by atoms with Gasteiger partial charge in [-0.15, -0.1) is 0 Å². The summed E-state index contributed by atoms with van der Waals surface area (Å²) in [4.78, 5) is 38.3. The first-order valence-corrected chi connectivity index (χ1v) is 8.74. The highest BCUT2D eigenvalue weighted by Gasteiger charge is 2.25. The molecule has 2 N–H and O–H groups in total. The number of Topliss-reactive ketones (excluding diaryl/α,β-unsaturated/α-hetero) is 1. The molecule has 0 rings (SSSR count). The average Bonchev–Trinajstić information content (AvgIpc) is 2.41. The zero-order chi connectivity index (χ0) is 16.4. The summed E-state index contributed by atoms with van der Waals surface area (Å²) < 4.78 is 0. The summed E-state index contributed by atoms with van der Waals surface area (Å²) >= 11 is 2.54. The van der Waals surface area contributed by atoms with Gasteiger partial charge in [0.1, 0.15) is 0 Å². The van der Waals surface area contributed by atoms with E-state index in [1.165, 1.54) is 11.8 Å². The van der Waals surface area contributed by atoms with Crippen LogP contribution in [0.3, 0.4) is 0 Å². The predicted molar refractivity (Wildman–Crippen MR) is 85.9 cm³/mol. The minimum absolute atomic E-state index is 0.0748. The third-order valence-corrected chi connectivity index (χ3v) is 4.47. The first-order chi connectivity index (χ1) is 9.81. The van der Waals surface area contributed by atoms with Crippen LogP contribution in [-0.2, 0) is 14.4 Å². The van der Waals surface area contributed by atoms with Gasteiger partial charge in [0.25, 0.3) is 0 Å². The Morgan fingerprint density at radius 3 is 2.38 bits per heavy atom. The lowest BCUT2D eigenvalue weighted by atomic mass is 10.1. The zero-order valence-corrected chi connectivity index (χ0v) is 14.3. The Morgan fingerprint density at radius 1 is 1.29 bits per heavy atom. The van der Waals surface area contributed by atoms with Gasteiger partial charge in [0.05, 0.1) is 21.6 Å². The van der Waals surface area contributed by atoms with Crippen molar-refractivity contribution in [2.75, 3.05) is 6.26 Å². The molecule has 118 valence electrons. The van der Waals surface area contributed by atoms with Gasteiger partial charge in [-0.25, -0.2) is 0 Å². The predicted octanol–water partition coefficient (Wildman–Crippen LogP) is 1.55. The summed E-state index contributed by atoms with van der Waals surface area (Å²) in [6.45, 7) is 5.54. The molecule has 0 fully saturated rings. The van der Waals surface area contributed by atoms with Crippen molar-refractivity contribution in [3.05, 3.63) is 0 Å². The van der Waals surface area contributed by atoms with Crippen LogP contribution in [0.5, 0.6) is 0 Å². The smallest absolute Gasteiger partial charge is 0.344 e. The average molecular weight is 332 g/mol.